The van der Waals surface area contributed by atoms with Gasteiger partial charge in [0.15, 0.2) is 5.78 Å². The van der Waals surface area contributed by atoms with Gasteiger partial charge in [-0.3, -0.25) is 4.79 Å². The number of Topliss-reactive ketones (excluding diaryl/α,β-unsaturated/α-hetero) is 1. The van der Waals surface area contributed by atoms with Gasteiger partial charge in [0.05, 0.1) is 12.2 Å². The Morgan fingerprint density at radius 3 is 2.33 bits per heavy atom. The molecular formula is C23H29FO3. The van der Waals surface area contributed by atoms with Crippen LogP contribution in [-0.2, 0) is 9.53 Å². The Morgan fingerprint density at radius 1 is 1.15 bits per heavy atom. The molecule has 4 heteroatoms. The van der Waals surface area contributed by atoms with Crippen LogP contribution in [0.2, 0.25) is 0 Å². The van der Waals surface area contributed by atoms with Gasteiger partial charge in [-0.05, 0) is 44.4 Å². The van der Waals surface area contributed by atoms with E-state index < -0.39 is 17.1 Å². The molecule has 2 unspecified atom stereocenters. The minimum Gasteiger partial charge on any atom is -0.388 e. The Bertz CT molecular complexity index is 781. The van der Waals surface area contributed by atoms with Gasteiger partial charge in [0.2, 0.25) is 0 Å². The van der Waals surface area contributed by atoms with Gasteiger partial charge in [0.25, 0.3) is 0 Å². The maximum absolute atomic E-state index is 14.6. The smallest absolute Gasteiger partial charge is 0.171 e. The summed E-state index contributed by atoms with van der Waals surface area (Å²) < 4.78 is 20.4. The number of halogens is 1. The van der Waals surface area contributed by atoms with Crippen molar-refractivity contribution in [2.75, 3.05) is 6.61 Å². The van der Waals surface area contributed by atoms with Gasteiger partial charge < -0.3 is 9.84 Å². The van der Waals surface area contributed by atoms with Crippen molar-refractivity contribution < 1.29 is 19.0 Å². The molecule has 1 N–H and O–H groups in total. The number of ketones is 1. The molecule has 0 aliphatic carbocycles. The van der Waals surface area contributed by atoms with Crippen molar-refractivity contribution in [3.8, 4) is 11.1 Å². The summed E-state index contributed by atoms with van der Waals surface area (Å²) in [7, 11) is 0. The molecule has 146 valence electrons. The molecule has 2 atom stereocenters. The van der Waals surface area contributed by atoms with Gasteiger partial charge in [-0.25, -0.2) is 4.39 Å². The highest BCUT2D eigenvalue weighted by molar-refractivity contribution is 5.92. The maximum Gasteiger partial charge on any atom is 0.171 e. The van der Waals surface area contributed by atoms with Crippen LogP contribution in [-0.4, -0.2) is 28.7 Å². The zero-order valence-corrected chi connectivity index (χ0v) is 16.8. The molecule has 2 rings (SSSR count). The van der Waals surface area contributed by atoms with Gasteiger partial charge in [-0.1, -0.05) is 56.3 Å². The Labute approximate surface area is 161 Å². The monoisotopic (exact) mass is 372 g/mol. The van der Waals surface area contributed by atoms with Crippen LogP contribution in [0.5, 0.6) is 0 Å². The lowest BCUT2D eigenvalue weighted by molar-refractivity contribution is -0.150. The Balaban J connectivity index is 2.18. The number of carbonyl (C=O) groups is 1. The summed E-state index contributed by atoms with van der Waals surface area (Å²) in [6, 6.07) is 14.2. The van der Waals surface area contributed by atoms with Crippen molar-refractivity contribution in [1.29, 1.82) is 0 Å². The van der Waals surface area contributed by atoms with E-state index in [1.54, 1.807) is 39.8 Å². The molecule has 0 radical (unpaired) electrons. The molecular weight excluding hydrogens is 343 g/mol. The topological polar surface area (TPSA) is 46.5 Å². The SMILES string of the molecule is CCC(C)(O)COC(C)(C)C(=O)C(C)c1ccc(-c2ccccc2)c(F)c1. The van der Waals surface area contributed by atoms with Gasteiger partial charge >= 0.3 is 0 Å². The Morgan fingerprint density at radius 2 is 1.78 bits per heavy atom. The molecule has 0 saturated carbocycles. The fraction of sp³-hybridized carbons (Fsp3) is 0.435. The summed E-state index contributed by atoms with van der Waals surface area (Å²) >= 11 is 0. The number of hydrogen-bond acceptors (Lipinski definition) is 3. The first-order valence-electron chi connectivity index (χ1n) is 9.33. The van der Waals surface area contributed by atoms with Crippen LogP contribution in [0.15, 0.2) is 48.5 Å². The van der Waals surface area contributed by atoms with E-state index in [1.807, 2.05) is 37.3 Å². The molecule has 0 bridgehead atoms. The van der Waals surface area contributed by atoms with E-state index in [0.29, 0.717) is 17.5 Å². The van der Waals surface area contributed by atoms with E-state index >= 15 is 0 Å². The third kappa shape index (κ3) is 5.24. The Hall–Kier alpha value is -2.04. The van der Waals surface area contributed by atoms with E-state index in [0.717, 1.165) is 5.56 Å². The van der Waals surface area contributed by atoms with E-state index in [-0.39, 0.29) is 18.2 Å². The number of hydrogen-bond donors (Lipinski definition) is 1. The summed E-state index contributed by atoms with van der Waals surface area (Å²) in [4.78, 5) is 12.9. The van der Waals surface area contributed by atoms with Crippen LogP contribution in [0, 0.1) is 5.82 Å². The number of aliphatic hydroxyl groups is 1. The van der Waals surface area contributed by atoms with E-state index in [1.165, 1.54) is 6.07 Å². The largest absolute Gasteiger partial charge is 0.388 e. The second-order valence-electron chi connectivity index (χ2n) is 7.84. The van der Waals surface area contributed by atoms with Crippen molar-refractivity contribution >= 4 is 5.78 Å². The molecule has 0 amide bonds. The van der Waals surface area contributed by atoms with E-state index in [4.69, 9.17) is 4.74 Å². The summed E-state index contributed by atoms with van der Waals surface area (Å²) in [5.41, 5.74) is -0.146. The number of rotatable bonds is 8. The molecule has 2 aromatic carbocycles. The third-order valence-electron chi connectivity index (χ3n) is 5.07. The fourth-order valence-corrected chi connectivity index (χ4v) is 2.83. The number of benzene rings is 2. The van der Waals surface area contributed by atoms with Crippen LogP contribution < -0.4 is 0 Å². The van der Waals surface area contributed by atoms with Crippen molar-refractivity contribution in [2.45, 2.75) is 58.2 Å². The highest BCUT2D eigenvalue weighted by Crippen LogP contribution is 2.30. The molecule has 0 aliphatic heterocycles. The highest BCUT2D eigenvalue weighted by atomic mass is 19.1. The predicted octanol–water partition coefficient (Wildman–Crippen LogP) is 5.12. The molecule has 27 heavy (non-hydrogen) atoms. The first kappa shape index (κ1) is 21.3. The fourth-order valence-electron chi connectivity index (χ4n) is 2.83. The summed E-state index contributed by atoms with van der Waals surface area (Å²) in [5, 5.41) is 10.1. The lowest BCUT2D eigenvalue weighted by Gasteiger charge is -2.31. The highest BCUT2D eigenvalue weighted by Gasteiger charge is 2.35. The summed E-state index contributed by atoms with van der Waals surface area (Å²) in [6.07, 6.45) is 0.527. The quantitative estimate of drug-likeness (QED) is 0.699. The van der Waals surface area contributed by atoms with E-state index in [9.17, 15) is 14.3 Å². The zero-order chi connectivity index (χ0) is 20.2. The predicted molar refractivity (Wildman–Crippen MR) is 106 cm³/mol. The first-order valence-corrected chi connectivity index (χ1v) is 9.33. The molecule has 0 aliphatic rings. The van der Waals surface area contributed by atoms with Crippen molar-refractivity contribution in [1.82, 2.24) is 0 Å². The van der Waals surface area contributed by atoms with Crippen molar-refractivity contribution in [2.24, 2.45) is 0 Å². The van der Waals surface area contributed by atoms with Crippen LogP contribution in [0.3, 0.4) is 0 Å². The summed E-state index contributed by atoms with van der Waals surface area (Å²) in [5.74, 6) is -1.03. The maximum atomic E-state index is 14.6. The lowest BCUT2D eigenvalue weighted by atomic mass is 9.86. The van der Waals surface area contributed by atoms with Gasteiger partial charge in [-0.15, -0.1) is 0 Å². The standard InChI is InChI=1S/C23H29FO3/c1-6-23(5,26)15-27-22(3,4)21(25)16(2)18-12-13-19(20(24)14-18)17-10-8-7-9-11-17/h7-14,16,26H,6,15H2,1-5H3. The van der Waals surface area contributed by atoms with Crippen LogP contribution in [0.1, 0.15) is 52.5 Å². The molecule has 0 heterocycles. The molecule has 0 spiro atoms. The molecule has 2 aromatic rings. The van der Waals surface area contributed by atoms with Crippen LogP contribution in [0.25, 0.3) is 11.1 Å². The molecule has 0 aromatic heterocycles. The van der Waals surface area contributed by atoms with Crippen LogP contribution >= 0.6 is 0 Å². The number of ether oxygens (including phenoxy) is 1. The number of carbonyl (C=O) groups excluding carboxylic acids is 1. The van der Waals surface area contributed by atoms with Gasteiger partial charge in [0.1, 0.15) is 11.4 Å². The molecule has 0 fully saturated rings. The second-order valence-corrected chi connectivity index (χ2v) is 7.84. The average molecular weight is 372 g/mol. The second kappa shape index (κ2) is 8.32. The minimum absolute atomic E-state index is 0.0657. The minimum atomic E-state index is -1.08. The van der Waals surface area contributed by atoms with Crippen molar-refractivity contribution in [3.05, 3.63) is 59.9 Å². The third-order valence-corrected chi connectivity index (χ3v) is 5.07. The van der Waals surface area contributed by atoms with E-state index in [2.05, 4.69) is 0 Å². The van der Waals surface area contributed by atoms with Gasteiger partial charge in [-0.2, -0.15) is 0 Å². The molecule has 3 nitrogen and oxygen atoms in total. The normalized spacial score (nSPS) is 15.2. The van der Waals surface area contributed by atoms with Crippen molar-refractivity contribution in [3.63, 3.8) is 0 Å². The van der Waals surface area contributed by atoms with Crippen LogP contribution in [0.4, 0.5) is 4.39 Å². The first-order chi connectivity index (χ1) is 12.6. The summed E-state index contributed by atoms with van der Waals surface area (Å²) in [6.45, 7) is 8.73. The molecule has 0 saturated heterocycles. The Kier molecular flexibility index (Phi) is 6.55. The average Bonchev–Trinajstić information content (AvgIpc) is 2.66. The lowest BCUT2D eigenvalue weighted by Crippen LogP contribution is -2.42. The zero-order valence-electron chi connectivity index (χ0n) is 16.8. The van der Waals surface area contributed by atoms with Gasteiger partial charge in [0, 0.05) is 11.5 Å².